The molecule has 3 aromatic rings. The second-order valence-electron chi connectivity index (χ2n) is 6.83. The molecule has 1 fully saturated rings. The van der Waals surface area contributed by atoms with Crippen molar-refractivity contribution in [3.63, 3.8) is 0 Å². The van der Waals surface area contributed by atoms with Crippen molar-refractivity contribution < 1.29 is 4.79 Å². The number of hydrogen-bond acceptors (Lipinski definition) is 4. The Balaban J connectivity index is 1.55. The van der Waals surface area contributed by atoms with Crippen molar-refractivity contribution in [3.8, 4) is 11.1 Å². The molecule has 1 aliphatic heterocycles. The van der Waals surface area contributed by atoms with Gasteiger partial charge >= 0.3 is 0 Å². The molecule has 4 heterocycles. The molecule has 26 heavy (non-hydrogen) atoms. The summed E-state index contributed by atoms with van der Waals surface area (Å²) < 4.78 is 0. The lowest BCUT2D eigenvalue weighted by Gasteiger charge is -2.33. The first-order chi connectivity index (χ1) is 12.7. The minimum Gasteiger partial charge on any atom is -0.370 e. The van der Waals surface area contributed by atoms with Crippen molar-refractivity contribution in [1.29, 1.82) is 0 Å². The fourth-order valence-electron chi connectivity index (χ4n) is 3.70. The van der Waals surface area contributed by atoms with Crippen LogP contribution in [-0.4, -0.2) is 33.8 Å². The van der Waals surface area contributed by atoms with Crippen LogP contribution in [0.25, 0.3) is 22.2 Å². The normalized spacial score (nSPS) is 15.3. The Morgan fingerprint density at radius 2 is 2.08 bits per heavy atom. The van der Waals surface area contributed by atoms with Gasteiger partial charge in [0.1, 0.15) is 5.65 Å². The number of H-pyrrole nitrogens is 1. The van der Waals surface area contributed by atoms with Gasteiger partial charge in [-0.1, -0.05) is 6.58 Å². The summed E-state index contributed by atoms with van der Waals surface area (Å²) >= 11 is 0. The summed E-state index contributed by atoms with van der Waals surface area (Å²) in [6.07, 6.45) is 11.7. The number of aromatic amines is 1. The molecule has 0 unspecified atom stereocenters. The molecular formula is C21H22N4O. The smallest absolute Gasteiger partial charge is 0.155 e. The number of nitrogens with zero attached hydrogens (tertiary/aromatic N) is 3. The summed E-state index contributed by atoms with van der Waals surface area (Å²) in [4.78, 5) is 25.9. The molecule has 5 nitrogen and oxygen atoms in total. The molecule has 4 rings (SSSR count). The standard InChI is InChI=1S/C21H22N4O/c1-2-18(26)11-15-5-9-25(10-6-15)17-12-19-20(14-24-21(19)23-13-17)16-3-7-22-8-4-16/h2-4,7-8,12-15H,1,5-6,9-11H2,(H,23,24). The molecule has 1 saturated heterocycles. The first-order valence-corrected chi connectivity index (χ1v) is 9.02. The van der Waals surface area contributed by atoms with Gasteiger partial charge in [0.2, 0.25) is 0 Å². The van der Waals surface area contributed by atoms with Crippen LogP contribution in [0.3, 0.4) is 0 Å². The summed E-state index contributed by atoms with van der Waals surface area (Å²) in [5.74, 6) is 0.619. The number of aromatic nitrogens is 3. The third-order valence-corrected chi connectivity index (χ3v) is 5.21. The number of pyridine rings is 2. The van der Waals surface area contributed by atoms with Gasteiger partial charge in [-0.3, -0.25) is 9.78 Å². The highest BCUT2D eigenvalue weighted by molar-refractivity contribution is 5.95. The number of carbonyl (C=O) groups is 1. The third-order valence-electron chi connectivity index (χ3n) is 5.21. The maximum atomic E-state index is 11.6. The Hall–Kier alpha value is -2.95. The van der Waals surface area contributed by atoms with Gasteiger partial charge in [-0.05, 0) is 48.6 Å². The van der Waals surface area contributed by atoms with Gasteiger partial charge < -0.3 is 9.88 Å². The van der Waals surface area contributed by atoms with E-state index in [0.717, 1.165) is 53.8 Å². The summed E-state index contributed by atoms with van der Waals surface area (Å²) in [7, 11) is 0. The second-order valence-corrected chi connectivity index (χ2v) is 6.83. The predicted molar refractivity (Wildman–Crippen MR) is 104 cm³/mol. The zero-order chi connectivity index (χ0) is 17.9. The van der Waals surface area contributed by atoms with Crippen LogP contribution in [-0.2, 0) is 4.79 Å². The van der Waals surface area contributed by atoms with Crippen LogP contribution in [0.4, 0.5) is 5.69 Å². The van der Waals surface area contributed by atoms with E-state index in [1.54, 1.807) is 12.4 Å². The zero-order valence-corrected chi connectivity index (χ0v) is 14.7. The van der Waals surface area contributed by atoms with Crippen LogP contribution >= 0.6 is 0 Å². The van der Waals surface area contributed by atoms with E-state index in [1.165, 1.54) is 6.08 Å². The minimum atomic E-state index is 0.154. The first kappa shape index (κ1) is 16.5. The fraction of sp³-hybridized carbons (Fsp3) is 0.286. The lowest BCUT2D eigenvalue weighted by molar-refractivity contribution is -0.115. The monoisotopic (exact) mass is 346 g/mol. The summed E-state index contributed by atoms with van der Waals surface area (Å²) in [5.41, 5.74) is 4.31. The fourth-order valence-corrected chi connectivity index (χ4v) is 3.70. The highest BCUT2D eigenvalue weighted by atomic mass is 16.1. The Morgan fingerprint density at radius 1 is 1.31 bits per heavy atom. The van der Waals surface area contributed by atoms with Gasteiger partial charge in [0, 0.05) is 49.1 Å². The number of rotatable bonds is 5. The summed E-state index contributed by atoms with van der Waals surface area (Å²) in [6, 6.07) is 6.23. The number of allylic oxidation sites excluding steroid dienone is 1. The Kier molecular flexibility index (Phi) is 4.52. The average Bonchev–Trinajstić information content (AvgIpc) is 3.12. The Morgan fingerprint density at radius 3 is 2.81 bits per heavy atom. The van der Waals surface area contributed by atoms with E-state index in [0.29, 0.717) is 12.3 Å². The van der Waals surface area contributed by atoms with Crippen LogP contribution in [0.1, 0.15) is 19.3 Å². The number of hydrogen-bond donors (Lipinski definition) is 1. The third kappa shape index (κ3) is 3.25. The van der Waals surface area contributed by atoms with Crippen LogP contribution in [0, 0.1) is 5.92 Å². The van der Waals surface area contributed by atoms with E-state index in [1.807, 2.05) is 24.5 Å². The first-order valence-electron chi connectivity index (χ1n) is 9.02. The topological polar surface area (TPSA) is 61.9 Å². The molecular weight excluding hydrogens is 324 g/mol. The lowest BCUT2D eigenvalue weighted by atomic mass is 9.91. The molecule has 132 valence electrons. The molecule has 0 bridgehead atoms. The highest BCUT2D eigenvalue weighted by Crippen LogP contribution is 2.31. The van der Waals surface area contributed by atoms with Gasteiger partial charge in [0.15, 0.2) is 5.78 Å². The van der Waals surface area contributed by atoms with Gasteiger partial charge in [-0.15, -0.1) is 0 Å². The molecule has 0 atom stereocenters. The molecule has 0 aliphatic carbocycles. The van der Waals surface area contributed by atoms with E-state index < -0.39 is 0 Å². The van der Waals surface area contributed by atoms with Crippen molar-refractivity contribution in [2.24, 2.45) is 5.92 Å². The molecule has 0 saturated carbocycles. The maximum absolute atomic E-state index is 11.6. The molecule has 0 amide bonds. The molecule has 5 heteroatoms. The van der Waals surface area contributed by atoms with Gasteiger partial charge in [-0.2, -0.15) is 0 Å². The van der Waals surface area contributed by atoms with Gasteiger partial charge in [-0.25, -0.2) is 4.98 Å². The summed E-state index contributed by atoms with van der Waals surface area (Å²) in [5, 5.41) is 1.12. The van der Waals surface area contributed by atoms with Crippen LogP contribution in [0.5, 0.6) is 0 Å². The number of carbonyl (C=O) groups excluding carboxylic acids is 1. The predicted octanol–water partition coefficient (Wildman–Crippen LogP) is 3.99. The number of ketones is 1. The Bertz CT molecular complexity index is 924. The average molecular weight is 346 g/mol. The van der Waals surface area contributed by atoms with Crippen LogP contribution in [0.2, 0.25) is 0 Å². The maximum Gasteiger partial charge on any atom is 0.155 e. The van der Waals surface area contributed by atoms with Gasteiger partial charge in [0.05, 0.1) is 11.9 Å². The van der Waals surface area contributed by atoms with E-state index in [4.69, 9.17) is 0 Å². The van der Waals surface area contributed by atoms with Crippen molar-refractivity contribution in [1.82, 2.24) is 15.0 Å². The number of anilines is 1. The summed E-state index contributed by atoms with van der Waals surface area (Å²) in [6.45, 7) is 5.48. The van der Waals surface area contributed by atoms with E-state index in [9.17, 15) is 4.79 Å². The molecule has 1 N–H and O–H groups in total. The van der Waals surface area contributed by atoms with E-state index >= 15 is 0 Å². The van der Waals surface area contributed by atoms with Crippen LogP contribution < -0.4 is 4.90 Å². The molecule has 0 spiro atoms. The van der Waals surface area contributed by atoms with Crippen LogP contribution in [0.15, 0.2) is 55.6 Å². The number of piperidine rings is 1. The van der Waals surface area contributed by atoms with Crippen molar-refractivity contribution >= 4 is 22.5 Å². The van der Waals surface area contributed by atoms with E-state index in [-0.39, 0.29) is 5.78 Å². The Labute approximate surface area is 152 Å². The largest absolute Gasteiger partial charge is 0.370 e. The quantitative estimate of drug-likeness (QED) is 0.710. The SMILES string of the molecule is C=CC(=O)CC1CCN(c2cnc3[nH]cc(-c4ccncc4)c3c2)CC1. The minimum absolute atomic E-state index is 0.154. The van der Waals surface area contributed by atoms with Crippen molar-refractivity contribution in [3.05, 3.63) is 55.6 Å². The number of fused-ring (bicyclic) bond motifs is 1. The highest BCUT2D eigenvalue weighted by Gasteiger charge is 2.21. The van der Waals surface area contributed by atoms with Crippen molar-refractivity contribution in [2.75, 3.05) is 18.0 Å². The number of nitrogens with one attached hydrogen (secondary N) is 1. The van der Waals surface area contributed by atoms with Crippen molar-refractivity contribution in [2.45, 2.75) is 19.3 Å². The molecule has 1 aliphatic rings. The second kappa shape index (κ2) is 7.12. The van der Waals surface area contributed by atoms with E-state index in [2.05, 4.69) is 32.5 Å². The molecule has 3 aromatic heterocycles. The zero-order valence-electron chi connectivity index (χ0n) is 14.7. The van der Waals surface area contributed by atoms with Gasteiger partial charge in [0.25, 0.3) is 0 Å². The molecule has 0 radical (unpaired) electrons. The lowest BCUT2D eigenvalue weighted by Crippen LogP contribution is -2.34. The molecule has 0 aromatic carbocycles.